The molecule has 96 valence electrons. The third kappa shape index (κ3) is 6.26. The van der Waals surface area contributed by atoms with Crippen molar-refractivity contribution in [2.45, 2.75) is 31.5 Å². The van der Waals surface area contributed by atoms with E-state index in [1.807, 2.05) is 24.3 Å². The minimum Gasteiger partial charge on any atom is -0.317 e. The van der Waals surface area contributed by atoms with Gasteiger partial charge in [-0.2, -0.15) is 13.2 Å². The van der Waals surface area contributed by atoms with E-state index in [4.69, 9.17) is 0 Å². The Morgan fingerprint density at radius 3 is 2.29 bits per heavy atom. The van der Waals surface area contributed by atoms with Crippen molar-refractivity contribution in [2.24, 2.45) is 0 Å². The number of hydrogen-bond acceptors (Lipinski definition) is 1. The molecule has 0 saturated carbocycles. The molecule has 0 fully saturated rings. The lowest BCUT2D eigenvalue weighted by Gasteiger charge is -2.17. The van der Waals surface area contributed by atoms with Crippen LogP contribution in [0.2, 0.25) is 0 Å². The highest BCUT2D eigenvalue weighted by Crippen LogP contribution is 2.23. The van der Waals surface area contributed by atoms with Gasteiger partial charge < -0.3 is 5.32 Å². The third-order valence-electron chi connectivity index (χ3n) is 2.58. The number of hydrogen-bond donors (Lipinski definition) is 1. The van der Waals surface area contributed by atoms with Crippen LogP contribution in [0.15, 0.2) is 24.3 Å². The summed E-state index contributed by atoms with van der Waals surface area (Å²) >= 11 is 2.20. The molecule has 1 atom stereocenters. The summed E-state index contributed by atoms with van der Waals surface area (Å²) in [5, 5.41) is 2.94. The number of benzene rings is 1. The minimum absolute atomic E-state index is 0.117. The van der Waals surface area contributed by atoms with Crippen LogP contribution in [0.1, 0.15) is 18.4 Å². The van der Waals surface area contributed by atoms with Crippen molar-refractivity contribution < 1.29 is 13.2 Å². The monoisotopic (exact) mass is 357 g/mol. The molecule has 1 aromatic carbocycles. The van der Waals surface area contributed by atoms with Crippen molar-refractivity contribution in [3.8, 4) is 0 Å². The Bertz CT molecular complexity index is 335. The van der Waals surface area contributed by atoms with Gasteiger partial charge in [0, 0.05) is 16.0 Å². The first-order valence-electron chi connectivity index (χ1n) is 5.39. The van der Waals surface area contributed by atoms with Crippen molar-refractivity contribution in [1.82, 2.24) is 5.32 Å². The van der Waals surface area contributed by atoms with Crippen LogP contribution >= 0.6 is 22.6 Å². The Kier molecular flexibility index (Phi) is 5.72. The summed E-state index contributed by atoms with van der Waals surface area (Å²) in [5.41, 5.74) is 1.06. The maximum atomic E-state index is 12.1. The van der Waals surface area contributed by atoms with E-state index in [1.165, 1.54) is 0 Å². The second-order valence-electron chi connectivity index (χ2n) is 3.97. The lowest BCUT2D eigenvalue weighted by Crippen LogP contribution is -2.29. The summed E-state index contributed by atoms with van der Waals surface area (Å²) in [5.74, 6) is 0. The molecule has 1 aromatic rings. The lowest BCUT2D eigenvalue weighted by molar-refractivity contribution is -0.136. The van der Waals surface area contributed by atoms with E-state index in [0.29, 0.717) is 6.42 Å². The molecular weight excluding hydrogens is 342 g/mol. The van der Waals surface area contributed by atoms with E-state index in [2.05, 4.69) is 27.9 Å². The van der Waals surface area contributed by atoms with E-state index >= 15 is 0 Å². The van der Waals surface area contributed by atoms with Crippen molar-refractivity contribution in [3.05, 3.63) is 33.4 Å². The number of nitrogens with one attached hydrogen (secondary N) is 1. The second-order valence-corrected chi connectivity index (χ2v) is 5.22. The fourth-order valence-electron chi connectivity index (χ4n) is 1.59. The fourth-order valence-corrected chi connectivity index (χ4v) is 1.95. The van der Waals surface area contributed by atoms with Crippen LogP contribution in [0.3, 0.4) is 0 Å². The largest absolute Gasteiger partial charge is 0.389 e. The molecule has 0 spiro atoms. The van der Waals surface area contributed by atoms with Crippen molar-refractivity contribution >= 4 is 22.6 Å². The highest BCUT2D eigenvalue weighted by Gasteiger charge is 2.27. The van der Waals surface area contributed by atoms with Gasteiger partial charge in [-0.3, -0.25) is 0 Å². The van der Waals surface area contributed by atoms with E-state index in [1.54, 1.807) is 7.05 Å². The predicted octanol–water partition coefficient (Wildman–Crippen LogP) is 3.76. The molecule has 0 heterocycles. The van der Waals surface area contributed by atoms with Gasteiger partial charge in [0.05, 0.1) is 0 Å². The molecule has 5 heteroatoms. The molecule has 0 aliphatic carbocycles. The summed E-state index contributed by atoms with van der Waals surface area (Å²) in [7, 11) is 1.70. The molecule has 1 nitrogen and oxygen atoms in total. The maximum Gasteiger partial charge on any atom is 0.389 e. The van der Waals surface area contributed by atoms with E-state index in [-0.39, 0.29) is 12.5 Å². The zero-order chi connectivity index (χ0) is 12.9. The summed E-state index contributed by atoms with van der Waals surface area (Å²) in [6.07, 6.45) is -4.06. The Morgan fingerprint density at radius 2 is 1.82 bits per heavy atom. The zero-order valence-electron chi connectivity index (χ0n) is 9.52. The van der Waals surface area contributed by atoms with Gasteiger partial charge in [-0.15, -0.1) is 0 Å². The fraction of sp³-hybridized carbons (Fsp3) is 0.500. The Balaban J connectivity index is 2.49. The van der Waals surface area contributed by atoms with Crippen LogP contribution < -0.4 is 5.32 Å². The van der Waals surface area contributed by atoms with Crippen LogP contribution in [0.25, 0.3) is 0 Å². The first kappa shape index (κ1) is 14.8. The van der Waals surface area contributed by atoms with Crippen LogP contribution in [-0.4, -0.2) is 19.3 Å². The van der Waals surface area contributed by atoms with Crippen LogP contribution in [0.4, 0.5) is 13.2 Å². The van der Waals surface area contributed by atoms with Gasteiger partial charge in [-0.1, -0.05) is 12.1 Å². The maximum absolute atomic E-state index is 12.1. The van der Waals surface area contributed by atoms with Gasteiger partial charge in [-0.25, -0.2) is 0 Å². The molecule has 0 aromatic heterocycles. The molecule has 0 radical (unpaired) electrons. The molecule has 17 heavy (non-hydrogen) atoms. The van der Waals surface area contributed by atoms with Crippen LogP contribution in [0, 0.1) is 3.57 Å². The second kappa shape index (κ2) is 6.58. The average molecular weight is 357 g/mol. The van der Waals surface area contributed by atoms with Gasteiger partial charge in [0.15, 0.2) is 0 Å². The van der Waals surface area contributed by atoms with E-state index in [9.17, 15) is 13.2 Å². The first-order chi connectivity index (χ1) is 7.90. The smallest absolute Gasteiger partial charge is 0.317 e. The van der Waals surface area contributed by atoms with Gasteiger partial charge in [0.1, 0.15) is 0 Å². The van der Waals surface area contributed by atoms with E-state index < -0.39 is 12.6 Å². The molecule has 0 amide bonds. The van der Waals surface area contributed by atoms with E-state index in [0.717, 1.165) is 9.13 Å². The number of alkyl halides is 3. The van der Waals surface area contributed by atoms with Gasteiger partial charge >= 0.3 is 6.18 Å². The van der Waals surface area contributed by atoms with Crippen molar-refractivity contribution in [2.75, 3.05) is 7.05 Å². The summed E-state index contributed by atoms with van der Waals surface area (Å²) < 4.78 is 37.5. The lowest BCUT2D eigenvalue weighted by atomic mass is 10.0. The van der Waals surface area contributed by atoms with Gasteiger partial charge in [-0.05, 0) is 60.2 Å². The molecule has 1 rings (SSSR count). The molecule has 0 bridgehead atoms. The SMILES string of the molecule is CNC(CCC(F)(F)F)Cc1ccc(I)cc1. The predicted molar refractivity (Wildman–Crippen MR) is 71.0 cm³/mol. The standard InChI is InChI=1S/C12H15F3IN/c1-17-11(6-7-12(13,14)15)8-9-2-4-10(16)5-3-9/h2-5,11,17H,6-8H2,1H3. The third-order valence-corrected chi connectivity index (χ3v) is 3.30. The quantitative estimate of drug-likeness (QED) is 0.792. The van der Waals surface area contributed by atoms with Crippen LogP contribution in [-0.2, 0) is 6.42 Å². The zero-order valence-corrected chi connectivity index (χ0v) is 11.7. The van der Waals surface area contributed by atoms with Crippen LogP contribution in [0.5, 0.6) is 0 Å². The molecule has 0 saturated heterocycles. The number of rotatable bonds is 5. The number of halogens is 4. The van der Waals surface area contributed by atoms with Gasteiger partial charge in [0.2, 0.25) is 0 Å². The Morgan fingerprint density at radius 1 is 1.24 bits per heavy atom. The molecule has 1 unspecified atom stereocenters. The molecule has 0 aliphatic rings. The minimum atomic E-state index is -4.07. The normalized spacial score (nSPS) is 13.7. The Labute approximate surface area is 113 Å². The number of likely N-dealkylation sites (N-methyl/N-ethyl adjacent to an activating group) is 1. The summed E-state index contributed by atoms with van der Waals surface area (Å²) in [6, 6.07) is 7.72. The highest BCUT2D eigenvalue weighted by molar-refractivity contribution is 14.1. The molecule has 0 aliphatic heterocycles. The van der Waals surface area contributed by atoms with Gasteiger partial charge in [0.25, 0.3) is 0 Å². The topological polar surface area (TPSA) is 12.0 Å². The summed E-state index contributed by atoms with van der Waals surface area (Å²) in [4.78, 5) is 0. The average Bonchev–Trinajstić information content (AvgIpc) is 2.25. The van der Waals surface area contributed by atoms with Crippen molar-refractivity contribution in [1.29, 1.82) is 0 Å². The molecular formula is C12H15F3IN. The van der Waals surface area contributed by atoms with Crippen molar-refractivity contribution in [3.63, 3.8) is 0 Å². The molecule has 1 N–H and O–H groups in total. The first-order valence-corrected chi connectivity index (χ1v) is 6.47. The summed E-state index contributed by atoms with van der Waals surface area (Å²) in [6.45, 7) is 0. The Hall–Kier alpha value is -0.300. The highest BCUT2D eigenvalue weighted by atomic mass is 127.